The van der Waals surface area contributed by atoms with Crippen molar-refractivity contribution in [1.82, 2.24) is 0 Å². The SMILES string of the molecule is CCC[C@H]1C(=O)Nc2ccccc2N1C(=O)c1cccc(C)c1. The topological polar surface area (TPSA) is 49.4 Å². The fourth-order valence-corrected chi connectivity index (χ4v) is 2.99. The molecule has 0 bridgehead atoms. The van der Waals surface area contributed by atoms with Crippen molar-refractivity contribution in [3.8, 4) is 0 Å². The first-order valence-electron chi connectivity index (χ1n) is 7.92. The second-order valence-corrected chi connectivity index (χ2v) is 5.86. The number of nitrogens with zero attached hydrogens (tertiary/aromatic N) is 1. The summed E-state index contributed by atoms with van der Waals surface area (Å²) < 4.78 is 0. The minimum atomic E-state index is -0.470. The first kappa shape index (κ1) is 15.3. The maximum absolute atomic E-state index is 13.1. The number of nitrogens with one attached hydrogen (secondary N) is 1. The van der Waals surface area contributed by atoms with Crippen molar-refractivity contribution >= 4 is 23.2 Å². The number of carbonyl (C=O) groups excluding carboxylic acids is 2. The average Bonchev–Trinajstić information content (AvgIpc) is 2.55. The fraction of sp³-hybridized carbons (Fsp3) is 0.263. The largest absolute Gasteiger partial charge is 0.322 e. The van der Waals surface area contributed by atoms with Gasteiger partial charge >= 0.3 is 0 Å². The maximum Gasteiger partial charge on any atom is 0.259 e. The van der Waals surface area contributed by atoms with Gasteiger partial charge in [-0.15, -0.1) is 0 Å². The molecule has 0 saturated heterocycles. The van der Waals surface area contributed by atoms with E-state index in [1.165, 1.54) is 0 Å². The molecule has 0 saturated carbocycles. The fourth-order valence-electron chi connectivity index (χ4n) is 2.99. The zero-order chi connectivity index (χ0) is 16.4. The first-order valence-corrected chi connectivity index (χ1v) is 7.92. The molecule has 1 atom stereocenters. The van der Waals surface area contributed by atoms with Gasteiger partial charge in [0.25, 0.3) is 5.91 Å². The van der Waals surface area contributed by atoms with Crippen molar-refractivity contribution in [2.45, 2.75) is 32.7 Å². The molecule has 1 N–H and O–H groups in total. The Bertz CT molecular complexity index is 755. The molecular formula is C19H20N2O2. The van der Waals surface area contributed by atoms with Gasteiger partial charge in [-0.1, -0.05) is 43.2 Å². The Labute approximate surface area is 136 Å². The van der Waals surface area contributed by atoms with Crippen LogP contribution in [0.4, 0.5) is 11.4 Å². The lowest BCUT2D eigenvalue weighted by molar-refractivity contribution is -0.117. The molecule has 23 heavy (non-hydrogen) atoms. The van der Waals surface area contributed by atoms with Crippen molar-refractivity contribution in [2.75, 3.05) is 10.2 Å². The van der Waals surface area contributed by atoms with Crippen molar-refractivity contribution in [3.05, 3.63) is 59.7 Å². The summed E-state index contributed by atoms with van der Waals surface area (Å²) in [6.07, 6.45) is 1.47. The van der Waals surface area contributed by atoms with E-state index >= 15 is 0 Å². The van der Waals surface area contributed by atoms with E-state index in [2.05, 4.69) is 5.32 Å². The summed E-state index contributed by atoms with van der Waals surface area (Å²) in [4.78, 5) is 27.2. The molecule has 0 spiro atoms. The molecule has 4 nitrogen and oxygen atoms in total. The van der Waals surface area contributed by atoms with E-state index < -0.39 is 6.04 Å². The predicted octanol–water partition coefficient (Wildman–Crippen LogP) is 3.76. The number of fused-ring (bicyclic) bond motifs is 1. The van der Waals surface area contributed by atoms with E-state index in [0.29, 0.717) is 17.7 Å². The Morgan fingerprint density at radius 2 is 1.96 bits per heavy atom. The van der Waals surface area contributed by atoms with Gasteiger partial charge in [0.1, 0.15) is 6.04 Å². The Hall–Kier alpha value is -2.62. The van der Waals surface area contributed by atoms with Crippen LogP contribution in [0.3, 0.4) is 0 Å². The zero-order valence-corrected chi connectivity index (χ0v) is 13.4. The number of para-hydroxylation sites is 2. The second-order valence-electron chi connectivity index (χ2n) is 5.86. The van der Waals surface area contributed by atoms with Gasteiger partial charge in [-0.25, -0.2) is 0 Å². The zero-order valence-electron chi connectivity index (χ0n) is 13.4. The lowest BCUT2D eigenvalue weighted by Crippen LogP contribution is -2.51. The van der Waals surface area contributed by atoms with E-state index in [-0.39, 0.29) is 11.8 Å². The molecule has 1 aliphatic rings. The normalized spacial score (nSPS) is 16.7. The van der Waals surface area contributed by atoms with Gasteiger partial charge in [0, 0.05) is 5.56 Å². The van der Waals surface area contributed by atoms with Crippen LogP contribution < -0.4 is 10.2 Å². The highest BCUT2D eigenvalue weighted by atomic mass is 16.2. The number of carbonyl (C=O) groups is 2. The van der Waals surface area contributed by atoms with Gasteiger partial charge in [-0.05, 0) is 37.6 Å². The Kier molecular flexibility index (Phi) is 4.15. The monoisotopic (exact) mass is 308 g/mol. The molecule has 4 heteroatoms. The molecule has 1 aliphatic heterocycles. The summed E-state index contributed by atoms with van der Waals surface area (Å²) in [6, 6.07) is 14.5. The van der Waals surface area contributed by atoms with Gasteiger partial charge in [0.05, 0.1) is 11.4 Å². The molecular weight excluding hydrogens is 288 g/mol. The molecule has 0 fully saturated rings. The Morgan fingerprint density at radius 1 is 1.17 bits per heavy atom. The smallest absolute Gasteiger partial charge is 0.259 e. The summed E-state index contributed by atoms with van der Waals surface area (Å²) >= 11 is 0. The Morgan fingerprint density at radius 3 is 2.70 bits per heavy atom. The number of aryl methyl sites for hydroxylation is 1. The van der Waals surface area contributed by atoms with Crippen LogP contribution in [0, 0.1) is 6.92 Å². The summed E-state index contributed by atoms with van der Waals surface area (Å²) in [7, 11) is 0. The van der Waals surface area contributed by atoms with Gasteiger partial charge in [-0.2, -0.15) is 0 Å². The van der Waals surface area contributed by atoms with E-state index in [9.17, 15) is 9.59 Å². The quantitative estimate of drug-likeness (QED) is 0.938. The Balaban J connectivity index is 2.08. The highest BCUT2D eigenvalue weighted by molar-refractivity contribution is 6.16. The van der Waals surface area contributed by atoms with Crippen LogP contribution in [0.5, 0.6) is 0 Å². The summed E-state index contributed by atoms with van der Waals surface area (Å²) in [5.74, 6) is -0.249. The minimum absolute atomic E-state index is 0.119. The molecule has 0 radical (unpaired) electrons. The van der Waals surface area contributed by atoms with Crippen LogP contribution in [-0.4, -0.2) is 17.9 Å². The van der Waals surface area contributed by atoms with E-state index in [0.717, 1.165) is 17.7 Å². The van der Waals surface area contributed by atoms with Crippen molar-refractivity contribution in [3.63, 3.8) is 0 Å². The third-order valence-electron chi connectivity index (χ3n) is 4.08. The van der Waals surface area contributed by atoms with E-state index in [1.807, 2.05) is 56.3 Å². The van der Waals surface area contributed by atoms with Crippen molar-refractivity contribution in [2.24, 2.45) is 0 Å². The van der Waals surface area contributed by atoms with Crippen LogP contribution in [0.15, 0.2) is 48.5 Å². The van der Waals surface area contributed by atoms with Crippen LogP contribution in [0.1, 0.15) is 35.7 Å². The second kappa shape index (κ2) is 6.24. The molecule has 3 rings (SSSR count). The predicted molar refractivity (Wildman–Crippen MR) is 91.8 cm³/mol. The third-order valence-corrected chi connectivity index (χ3v) is 4.08. The molecule has 0 aliphatic carbocycles. The molecule has 0 unspecified atom stereocenters. The molecule has 118 valence electrons. The van der Waals surface area contributed by atoms with E-state index in [4.69, 9.17) is 0 Å². The molecule has 2 aromatic carbocycles. The minimum Gasteiger partial charge on any atom is -0.322 e. The number of hydrogen-bond acceptors (Lipinski definition) is 2. The van der Waals surface area contributed by atoms with Gasteiger partial charge in [0.2, 0.25) is 5.91 Å². The number of hydrogen-bond donors (Lipinski definition) is 1. The van der Waals surface area contributed by atoms with Gasteiger partial charge < -0.3 is 5.32 Å². The van der Waals surface area contributed by atoms with Crippen molar-refractivity contribution in [1.29, 1.82) is 0 Å². The molecule has 2 aromatic rings. The summed E-state index contributed by atoms with van der Waals surface area (Å²) in [6.45, 7) is 3.97. The van der Waals surface area contributed by atoms with Crippen molar-refractivity contribution < 1.29 is 9.59 Å². The van der Waals surface area contributed by atoms with Crippen LogP contribution in [-0.2, 0) is 4.79 Å². The van der Waals surface area contributed by atoms with Crippen LogP contribution >= 0.6 is 0 Å². The third kappa shape index (κ3) is 2.84. The molecule has 2 amide bonds. The lowest BCUT2D eigenvalue weighted by atomic mass is 10.0. The van der Waals surface area contributed by atoms with Crippen LogP contribution in [0.2, 0.25) is 0 Å². The number of amides is 2. The van der Waals surface area contributed by atoms with Gasteiger partial charge in [0.15, 0.2) is 0 Å². The highest BCUT2D eigenvalue weighted by Gasteiger charge is 2.36. The molecule has 0 aromatic heterocycles. The number of benzene rings is 2. The summed E-state index contributed by atoms with van der Waals surface area (Å²) in [5.41, 5.74) is 3.08. The average molecular weight is 308 g/mol. The number of anilines is 2. The highest BCUT2D eigenvalue weighted by Crippen LogP contribution is 2.34. The van der Waals surface area contributed by atoms with E-state index in [1.54, 1.807) is 11.0 Å². The lowest BCUT2D eigenvalue weighted by Gasteiger charge is -2.36. The standard InChI is InChI=1S/C19H20N2O2/c1-3-7-17-18(22)20-15-10-4-5-11-16(15)21(17)19(23)14-9-6-8-13(2)12-14/h4-6,8-12,17H,3,7H2,1-2H3,(H,20,22)/t17-/m0/s1. The summed E-state index contributed by atoms with van der Waals surface area (Å²) in [5, 5.41) is 2.91. The number of rotatable bonds is 3. The maximum atomic E-state index is 13.1. The van der Waals surface area contributed by atoms with Crippen LogP contribution in [0.25, 0.3) is 0 Å². The first-order chi connectivity index (χ1) is 11.1. The van der Waals surface area contributed by atoms with Gasteiger partial charge in [-0.3, -0.25) is 14.5 Å². The molecule has 1 heterocycles.